The summed E-state index contributed by atoms with van der Waals surface area (Å²) in [7, 11) is 5.17. The zero-order chi connectivity index (χ0) is 23.4. The van der Waals surface area contributed by atoms with Crippen LogP contribution in [0.25, 0.3) is 0 Å². The van der Waals surface area contributed by atoms with Crippen LogP contribution in [0.2, 0.25) is 0 Å². The Hall–Kier alpha value is -2.28. The molecule has 3 aliphatic heterocycles. The van der Waals surface area contributed by atoms with Crippen LogP contribution in [0.4, 0.5) is 0 Å². The molecule has 0 radical (unpaired) electrons. The molecular weight excluding hydrogens is 418 g/mol. The first-order valence-corrected chi connectivity index (χ1v) is 12.5. The minimum absolute atomic E-state index is 0.0818. The molecule has 0 N–H and O–H groups in total. The monoisotopic (exact) mass is 457 g/mol. The molecule has 3 aliphatic rings. The van der Waals surface area contributed by atoms with Gasteiger partial charge in [0.1, 0.15) is 0 Å². The number of piperidine rings is 2. The normalized spacial score (nSPS) is 25.6. The minimum Gasteiger partial charge on any atom is -0.493 e. The van der Waals surface area contributed by atoms with E-state index in [4.69, 9.17) is 9.47 Å². The highest BCUT2D eigenvalue weighted by Crippen LogP contribution is 2.32. The lowest BCUT2D eigenvalue weighted by molar-refractivity contribution is -0.135. The standard InChI is InChI=1S/C26H39N3O4/c1-27(17-20-7-6-13-28-12-5-4-8-22(20)28)26(31)21-16-25(30)29(18-21)14-11-19-9-10-23(32-2)24(15-19)33-3/h9-10,15,20-22H,4-8,11-14,16-18H2,1-3H3/t20-,21-,22+/m0/s1. The molecule has 1 aromatic carbocycles. The van der Waals surface area contributed by atoms with Gasteiger partial charge in [0.25, 0.3) is 0 Å². The Morgan fingerprint density at radius 1 is 1.09 bits per heavy atom. The lowest BCUT2D eigenvalue weighted by Crippen LogP contribution is -2.51. The summed E-state index contributed by atoms with van der Waals surface area (Å²) in [5.41, 5.74) is 1.08. The molecule has 3 atom stereocenters. The topological polar surface area (TPSA) is 62.3 Å². The van der Waals surface area contributed by atoms with Gasteiger partial charge in [-0.15, -0.1) is 0 Å². The fourth-order valence-electron chi connectivity index (χ4n) is 6.00. The van der Waals surface area contributed by atoms with Crippen molar-refractivity contribution in [1.82, 2.24) is 14.7 Å². The van der Waals surface area contributed by atoms with Crippen LogP contribution >= 0.6 is 0 Å². The third-order valence-electron chi connectivity index (χ3n) is 7.80. The summed E-state index contributed by atoms with van der Waals surface area (Å²) in [6.07, 6.45) is 7.37. The van der Waals surface area contributed by atoms with Gasteiger partial charge in [-0.1, -0.05) is 12.5 Å². The van der Waals surface area contributed by atoms with Crippen molar-refractivity contribution in [2.45, 2.75) is 51.0 Å². The molecule has 182 valence electrons. The molecule has 1 aromatic rings. The van der Waals surface area contributed by atoms with E-state index in [-0.39, 0.29) is 17.7 Å². The number of ether oxygens (including phenoxy) is 2. The fourth-order valence-corrected chi connectivity index (χ4v) is 6.00. The second kappa shape index (κ2) is 10.8. The molecule has 0 bridgehead atoms. The van der Waals surface area contributed by atoms with Crippen LogP contribution in [0.3, 0.4) is 0 Å². The molecule has 7 heteroatoms. The highest BCUT2D eigenvalue weighted by molar-refractivity contribution is 5.89. The number of rotatable bonds is 8. The van der Waals surface area contributed by atoms with Crippen molar-refractivity contribution in [1.29, 1.82) is 0 Å². The first kappa shape index (κ1) is 23.9. The van der Waals surface area contributed by atoms with Crippen molar-refractivity contribution in [2.24, 2.45) is 11.8 Å². The zero-order valence-electron chi connectivity index (χ0n) is 20.4. The second-order valence-electron chi connectivity index (χ2n) is 9.90. The van der Waals surface area contributed by atoms with Crippen molar-refractivity contribution >= 4 is 11.8 Å². The molecule has 0 saturated carbocycles. The van der Waals surface area contributed by atoms with E-state index in [1.165, 1.54) is 45.2 Å². The summed E-state index contributed by atoms with van der Waals surface area (Å²) in [6, 6.07) is 6.47. The maximum Gasteiger partial charge on any atom is 0.227 e. The molecule has 0 aliphatic carbocycles. The Morgan fingerprint density at radius 3 is 2.67 bits per heavy atom. The molecule has 7 nitrogen and oxygen atoms in total. The molecule has 0 spiro atoms. The summed E-state index contributed by atoms with van der Waals surface area (Å²) >= 11 is 0. The minimum atomic E-state index is -0.223. The lowest BCUT2D eigenvalue weighted by atomic mass is 9.83. The smallest absolute Gasteiger partial charge is 0.227 e. The van der Waals surface area contributed by atoms with Gasteiger partial charge in [0.05, 0.1) is 20.1 Å². The van der Waals surface area contributed by atoms with Crippen molar-refractivity contribution in [3.8, 4) is 11.5 Å². The fraction of sp³-hybridized carbons (Fsp3) is 0.692. The van der Waals surface area contributed by atoms with E-state index >= 15 is 0 Å². The number of benzene rings is 1. The first-order chi connectivity index (χ1) is 16.0. The SMILES string of the molecule is COc1ccc(CCN2C[C@@H](C(=O)N(C)C[C@@H]3CCCN4CCCC[C@H]34)CC2=O)cc1OC. The number of nitrogens with zero attached hydrogens (tertiary/aromatic N) is 3. The van der Waals surface area contributed by atoms with Crippen LogP contribution in [0.1, 0.15) is 44.1 Å². The lowest BCUT2D eigenvalue weighted by Gasteiger charge is -2.45. The predicted octanol–water partition coefficient (Wildman–Crippen LogP) is 2.82. The van der Waals surface area contributed by atoms with Crippen molar-refractivity contribution in [3.63, 3.8) is 0 Å². The summed E-state index contributed by atoms with van der Waals surface area (Å²) < 4.78 is 10.7. The van der Waals surface area contributed by atoms with E-state index in [0.29, 0.717) is 43.0 Å². The number of methoxy groups -OCH3 is 2. The van der Waals surface area contributed by atoms with Crippen molar-refractivity contribution in [2.75, 3.05) is 54.0 Å². The van der Waals surface area contributed by atoms with Crippen LogP contribution in [-0.4, -0.2) is 86.5 Å². The molecule has 4 rings (SSSR count). The number of hydrogen-bond acceptors (Lipinski definition) is 5. The quantitative estimate of drug-likeness (QED) is 0.601. The molecule has 3 heterocycles. The van der Waals surface area contributed by atoms with E-state index in [1.807, 2.05) is 35.0 Å². The van der Waals surface area contributed by atoms with Crippen molar-refractivity contribution in [3.05, 3.63) is 23.8 Å². The Bertz CT molecular complexity index is 843. The second-order valence-corrected chi connectivity index (χ2v) is 9.90. The van der Waals surface area contributed by atoms with Gasteiger partial charge in [-0.05, 0) is 68.8 Å². The Labute approximate surface area is 198 Å². The van der Waals surface area contributed by atoms with E-state index in [1.54, 1.807) is 14.2 Å². The average Bonchev–Trinajstić information content (AvgIpc) is 3.22. The zero-order valence-corrected chi connectivity index (χ0v) is 20.4. The summed E-state index contributed by atoms with van der Waals surface area (Å²) in [5, 5.41) is 0. The van der Waals surface area contributed by atoms with Gasteiger partial charge in [0.15, 0.2) is 11.5 Å². The van der Waals surface area contributed by atoms with Gasteiger partial charge in [-0.3, -0.25) is 9.59 Å². The van der Waals surface area contributed by atoms with Gasteiger partial charge in [-0.2, -0.15) is 0 Å². The third kappa shape index (κ3) is 5.45. The summed E-state index contributed by atoms with van der Waals surface area (Å²) in [4.78, 5) is 32.2. The van der Waals surface area contributed by atoms with Crippen LogP contribution in [0, 0.1) is 11.8 Å². The van der Waals surface area contributed by atoms with E-state index in [2.05, 4.69) is 4.90 Å². The number of hydrogen-bond donors (Lipinski definition) is 0. The maximum atomic E-state index is 13.2. The largest absolute Gasteiger partial charge is 0.493 e. The van der Waals surface area contributed by atoms with Gasteiger partial charge in [-0.25, -0.2) is 0 Å². The van der Waals surface area contributed by atoms with E-state index in [9.17, 15) is 9.59 Å². The van der Waals surface area contributed by atoms with Gasteiger partial charge < -0.3 is 24.2 Å². The number of carbonyl (C=O) groups excluding carboxylic acids is 2. The highest BCUT2D eigenvalue weighted by Gasteiger charge is 2.38. The number of fused-ring (bicyclic) bond motifs is 1. The number of amides is 2. The molecule has 33 heavy (non-hydrogen) atoms. The summed E-state index contributed by atoms with van der Waals surface area (Å²) in [5.74, 6) is 1.94. The Balaban J connectivity index is 1.29. The molecule has 2 amide bonds. The Morgan fingerprint density at radius 2 is 1.88 bits per heavy atom. The molecule has 0 aromatic heterocycles. The van der Waals surface area contributed by atoms with Crippen LogP contribution < -0.4 is 9.47 Å². The highest BCUT2D eigenvalue weighted by atomic mass is 16.5. The first-order valence-electron chi connectivity index (χ1n) is 12.5. The van der Waals surface area contributed by atoms with Gasteiger partial charge >= 0.3 is 0 Å². The predicted molar refractivity (Wildman–Crippen MR) is 128 cm³/mol. The molecule has 3 saturated heterocycles. The third-order valence-corrected chi connectivity index (χ3v) is 7.80. The van der Waals surface area contributed by atoms with Gasteiger partial charge in [0.2, 0.25) is 11.8 Å². The molecule has 3 fully saturated rings. The molecule has 0 unspecified atom stereocenters. The van der Waals surface area contributed by atoms with Crippen LogP contribution in [0.15, 0.2) is 18.2 Å². The average molecular weight is 458 g/mol. The maximum absolute atomic E-state index is 13.2. The summed E-state index contributed by atoms with van der Waals surface area (Å²) in [6.45, 7) is 4.38. The van der Waals surface area contributed by atoms with Crippen molar-refractivity contribution < 1.29 is 19.1 Å². The molecular formula is C26H39N3O4. The van der Waals surface area contributed by atoms with Crippen LogP contribution in [-0.2, 0) is 16.0 Å². The Kier molecular flexibility index (Phi) is 7.78. The number of carbonyl (C=O) groups is 2. The number of likely N-dealkylation sites (tertiary alicyclic amines) is 1. The van der Waals surface area contributed by atoms with Gasteiger partial charge in [0, 0.05) is 39.1 Å². The van der Waals surface area contributed by atoms with Crippen LogP contribution in [0.5, 0.6) is 11.5 Å². The van der Waals surface area contributed by atoms with E-state index in [0.717, 1.165) is 18.5 Å². The van der Waals surface area contributed by atoms with E-state index < -0.39 is 0 Å².